The lowest BCUT2D eigenvalue weighted by molar-refractivity contribution is -0.118. The minimum Gasteiger partial charge on any atom is -0.489 e. The van der Waals surface area contributed by atoms with Crippen LogP contribution in [0.2, 0.25) is 0 Å². The van der Waals surface area contributed by atoms with E-state index in [0.29, 0.717) is 11.1 Å². The molecule has 150 valence electrons. The number of amides is 1. The summed E-state index contributed by atoms with van der Waals surface area (Å²) in [6.45, 7) is 14.3. The van der Waals surface area contributed by atoms with Gasteiger partial charge in [0.05, 0.1) is 0 Å². The number of hydrogen-bond acceptors (Lipinski definition) is 3. The highest BCUT2D eigenvalue weighted by Crippen LogP contribution is 2.28. The zero-order chi connectivity index (χ0) is 21.1. The number of carbonyl (C=O) groups excluding carboxylic acids is 2. The molecule has 0 aliphatic carbocycles. The molecule has 28 heavy (non-hydrogen) atoms. The Hall–Kier alpha value is -2.62. The van der Waals surface area contributed by atoms with Crippen molar-refractivity contribution in [1.82, 2.24) is 5.32 Å². The van der Waals surface area contributed by atoms with E-state index in [1.165, 1.54) is 5.56 Å². The number of hydrogen-bond donors (Lipinski definition) is 1. The van der Waals surface area contributed by atoms with E-state index in [4.69, 9.17) is 4.74 Å². The maximum absolute atomic E-state index is 12.6. The summed E-state index contributed by atoms with van der Waals surface area (Å²) in [7, 11) is 0. The molecule has 2 rings (SSSR count). The van der Waals surface area contributed by atoms with E-state index in [-0.39, 0.29) is 12.0 Å². The van der Waals surface area contributed by atoms with E-state index in [9.17, 15) is 9.59 Å². The molecule has 1 N–H and O–H groups in total. The first-order valence-electron chi connectivity index (χ1n) is 9.57. The number of benzene rings is 2. The van der Waals surface area contributed by atoms with E-state index in [1.54, 1.807) is 12.1 Å². The first-order valence-corrected chi connectivity index (χ1v) is 9.57. The van der Waals surface area contributed by atoms with E-state index in [0.717, 1.165) is 11.3 Å². The Bertz CT molecular complexity index is 870. The van der Waals surface area contributed by atoms with Gasteiger partial charge in [-0.1, -0.05) is 57.2 Å². The topological polar surface area (TPSA) is 55.4 Å². The summed E-state index contributed by atoms with van der Waals surface area (Å²) in [5, 5.41) is 2.72. The maximum atomic E-state index is 12.6. The molecule has 0 aliphatic rings. The largest absolute Gasteiger partial charge is 0.489 e. The molecule has 4 nitrogen and oxygen atoms in total. The average molecular weight is 382 g/mol. The summed E-state index contributed by atoms with van der Waals surface area (Å²) in [6.07, 6.45) is 0. The van der Waals surface area contributed by atoms with Gasteiger partial charge in [-0.3, -0.25) is 9.59 Å². The first kappa shape index (κ1) is 21.7. The van der Waals surface area contributed by atoms with Crippen molar-refractivity contribution in [2.45, 2.75) is 66.0 Å². The van der Waals surface area contributed by atoms with Gasteiger partial charge in [0, 0.05) is 16.7 Å². The van der Waals surface area contributed by atoms with Gasteiger partial charge in [-0.15, -0.1) is 0 Å². The lowest BCUT2D eigenvalue weighted by Crippen LogP contribution is -2.44. The van der Waals surface area contributed by atoms with Crippen LogP contribution in [0.25, 0.3) is 0 Å². The number of aryl methyl sites for hydroxylation is 1. The van der Waals surface area contributed by atoms with Crippen molar-refractivity contribution in [3.8, 4) is 5.75 Å². The predicted octanol–water partition coefficient (Wildman–Crippen LogP) is 4.97. The van der Waals surface area contributed by atoms with Crippen molar-refractivity contribution in [3.05, 3.63) is 64.7 Å². The molecule has 0 aromatic heterocycles. The van der Waals surface area contributed by atoms with E-state index in [2.05, 4.69) is 38.2 Å². The highest BCUT2D eigenvalue weighted by molar-refractivity contribution is 6.43. The fraction of sp³-hybridized carbons (Fsp3) is 0.417. The van der Waals surface area contributed by atoms with Gasteiger partial charge in [0.1, 0.15) is 12.4 Å². The zero-order valence-corrected chi connectivity index (χ0v) is 18.0. The van der Waals surface area contributed by atoms with Crippen LogP contribution in [0.3, 0.4) is 0 Å². The van der Waals surface area contributed by atoms with Gasteiger partial charge in [-0.05, 0) is 50.3 Å². The molecule has 2 aromatic rings. The third-order valence-electron chi connectivity index (χ3n) is 4.38. The van der Waals surface area contributed by atoms with Crippen LogP contribution < -0.4 is 10.1 Å². The van der Waals surface area contributed by atoms with Crippen molar-refractivity contribution in [1.29, 1.82) is 0 Å². The molecule has 4 heteroatoms. The third-order valence-corrected chi connectivity index (χ3v) is 4.38. The molecule has 0 fully saturated rings. The summed E-state index contributed by atoms with van der Waals surface area (Å²) in [6, 6.07) is 13.2. The van der Waals surface area contributed by atoms with Gasteiger partial charge in [-0.25, -0.2) is 0 Å². The van der Waals surface area contributed by atoms with Crippen LogP contribution in [0.4, 0.5) is 0 Å². The quantitative estimate of drug-likeness (QED) is 0.588. The smallest absolute Gasteiger partial charge is 0.292 e. The van der Waals surface area contributed by atoms with Crippen LogP contribution in [-0.4, -0.2) is 17.2 Å². The molecule has 1 amide bonds. The molecule has 0 saturated heterocycles. The van der Waals surface area contributed by atoms with Gasteiger partial charge in [0.15, 0.2) is 0 Å². The molecule has 0 atom stereocenters. The van der Waals surface area contributed by atoms with Gasteiger partial charge < -0.3 is 10.1 Å². The first-order chi connectivity index (χ1) is 12.9. The van der Waals surface area contributed by atoms with Crippen molar-refractivity contribution in [2.24, 2.45) is 0 Å². The molecular formula is C24H31NO3. The molecular weight excluding hydrogens is 350 g/mol. The molecule has 0 aliphatic heterocycles. The molecule has 0 heterocycles. The molecule has 2 aromatic carbocycles. The standard InChI is InChI=1S/C24H31NO3/c1-16-14-18(23(2,3)4)12-13-20(16)28-15-17-10-8-9-11-19(17)21(26)22(27)25-24(5,6)7/h8-14H,15H2,1-7H3,(H,25,27). The van der Waals surface area contributed by atoms with E-state index < -0.39 is 17.2 Å². The van der Waals surface area contributed by atoms with Crippen molar-refractivity contribution >= 4 is 11.7 Å². The van der Waals surface area contributed by atoms with Crippen LogP contribution in [-0.2, 0) is 16.8 Å². The van der Waals surface area contributed by atoms with Crippen LogP contribution in [0.1, 0.15) is 68.6 Å². The summed E-state index contributed by atoms with van der Waals surface area (Å²) >= 11 is 0. The fourth-order valence-electron chi connectivity index (χ4n) is 2.82. The summed E-state index contributed by atoms with van der Waals surface area (Å²) < 4.78 is 5.98. The monoisotopic (exact) mass is 381 g/mol. The Labute approximate surface area is 168 Å². The Morgan fingerprint density at radius 1 is 0.964 bits per heavy atom. The normalized spacial score (nSPS) is 11.8. The van der Waals surface area contributed by atoms with Crippen LogP contribution in [0.5, 0.6) is 5.75 Å². The highest BCUT2D eigenvalue weighted by Gasteiger charge is 2.23. The molecule has 0 spiro atoms. The van der Waals surface area contributed by atoms with Gasteiger partial charge >= 0.3 is 0 Å². The Balaban J connectivity index is 2.18. The second kappa shape index (κ2) is 8.17. The van der Waals surface area contributed by atoms with E-state index >= 15 is 0 Å². The minimum atomic E-state index is -0.606. The Morgan fingerprint density at radius 3 is 2.18 bits per heavy atom. The van der Waals surface area contributed by atoms with Crippen LogP contribution in [0, 0.1) is 6.92 Å². The SMILES string of the molecule is Cc1cc(C(C)(C)C)ccc1OCc1ccccc1C(=O)C(=O)NC(C)(C)C. The second-order valence-electron chi connectivity index (χ2n) is 9.21. The van der Waals surface area contributed by atoms with Gasteiger partial charge in [0.2, 0.25) is 0 Å². The Kier molecular flexibility index (Phi) is 6.33. The number of rotatable bonds is 5. The van der Waals surface area contributed by atoms with Crippen molar-refractivity contribution < 1.29 is 14.3 Å². The number of nitrogens with one attached hydrogen (secondary N) is 1. The lowest BCUT2D eigenvalue weighted by Gasteiger charge is -2.21. The van der Waals surface area contributed by atoms with Crippen molar-refractivity contribution in [3.63, 3.8) is 0 Å². The molecule has 0 radical (unpaired) electrons. The second-order valence-corrected chi connectivity index (χ2v) is 9.21. The average Bonchev–Trinajstić information content (AvgIpc) is 2.58. The highest BCUT2D eigenvalue weighted by atomic mass is 16.5. The van der Waals surface area contributed by atoms with Gasteiger partial charge in [-0.2, -0.15) is 0 Å². The lowest BCUT2D eigenvalue weighted by atomic mass is 9.86. The van der Waals surface area contributed by atoms with Gasteiger partial charge in [0.25, 0.3) is 11.7 Å². The molecule has 0 saturated carbocycles. The Morgan fingerprint density at radius 2 is 1.61 bits per heavy atom. The van der Waals surface area contributed by atoms with E-state index in [1.807, 2.05) is 45.9 Å². The third kappa shape index (κ3) is 5.69. The zero-order valence-electron chi connectivity index (χ0n) is 18.0. The number of Topliss-reactive ketones (excluding diaryl/α,β-unsaturated/α-hetero) is 1. The molecule has 0 bridgehead atoms. The maximum Gasteiger partial charge on any atom is 0.292 e. The predicted molar refractivity (Wildman–Crippen MR) is 113 cm³/mol. The van der Waals surface area contributed by atoms with Crippen molar-refractivity contribution in [2.75, 3.05) is 0 Å². The molecule has 0 unspecified atom stereocenters. The summed E-state index contributed by atoms with van der Waals surface area (Å²) in [4.78, 5) is 24.9. The summed E-state index contributed by atoms with van der Waals surface area (Å²) in [5.74, 6) is -0.381. The fourth-order valence-corrected chi connectivity index (χ4v) is 2.82. The van der Waals surface area contributed by atoms with Crippen LogP contribution in [0.15, 0.2) is 42.5 Å². The number of ether oxygens (including phenoxy) is 1. The minimum absolute atomic E-state index is 0.0721. The van der Waals surface area contributed by atoms with Crippen LogP contribution >= 0.6 is 0 Å². The number of carbonyl (C=O) groups is 2. The number of ketones is 1. The summed E-state index contributed by atoms with van der Waals surface area (Å²) in [5.41, 5.74) is 2.95.